The van der Waals surface area contributed by atoms with E-state index in [4.69, 9.17) is 15.9 Å². The maximum absolute atomic E-state index is 7.61. The van der Waals surface area contributed by atoms with Crippen molar-refractivity contribution in [2.45, 2.75) is 38.0 Å². The second-order valence-corrected chi connectivity index (χ2v) is 5.30. The molecule has 3 rings (SSSR count). The van der Waals surface area contributed by atoms with E-state index in [9.17, 15) is 0 Å². The first-order valence-corrected chi connectivity index (χ1v) is 6.89. The quantitative estimate of drug-likeness (QED) is 0.631. The predicted octanol–water partition coefficient (Wildman–Crippen LogP) is 1.12. The molecule has 0 spiro atoms. The Morgan fingerprint density at radius 2 is 2.42 bits per heavy atom. The van der Waals surface area contributed by atoms with Gasteiger partial charge >= 0.3 is 0 Å². The maximum atomic E-state index is 7.61. The van der Waals surface area contributed by atoms with E-state index in [1.54, 1.807) is 6.20 Å². The van der Waals surface area contributed by atoms with Gasteiger partial charge in [-0.1, -0.05) is 6.07 Å². The summed E-state index contributed by atoms with van der Waals surface area (Å²) in [5.41, 5.74) is 7.26. The third-order valence-corrected chi connectivity index (χ3v) is 4.12. The van der Waals surface area contributed by atoms with Crippen molar-refractivity contribution in [3.05, 3.63) is 29.6 Å². The second kappa shape index (κ2) is 5.27. The van der Waals surface area contributed by atoms with Crippen LogP contribution in [-0.4, -0.2) is 41.0 Å². The molecular formula is C14H20N4O. The molecule has 5 nitrogen and oxygen atoms in total. The molecule has 1 aromatic heterocycles. The number of pyridine rings is 1. The Kier molecular flexibility index (Phi) is 3.48. The number of morpholine rings is 1. The Morgan fingerprint density at radius 3 is 3.26 bits per heavy atom. The first-order chi connectivity index (χ1) is 9.25. The van der Waals surface area contributed by atoms with Crippen LogP contribution in [0.5, 0.6) is 0 Å². The highest BCUT2D eigenvalue weighted by Crippen LogP contribution is 2.30. The van der Waals surface area contributed by atoms with Crippen molar-refractivity contribution in [3.8, 4) is 0 Å². The Morgan fingerprint density at radius 1 is 1.53 bits per heavy atom. The number of rotatable bonds is 3. The normalized spacial score (nSPS) is 27.2. The highest BCUT2D eigenvalue weighted by Gasteiger charge is 2.36. The minimum Gasteiger partial charge on any atom is -0.382 e. The lowest BCUT2D eigenvalue weighted by Crippen LogP contribution is -2.48. The number of aromatic nitrogens is 1. The molecule has 1 saturated heterocycles. The molecule has 102 valence electrons. The average Bonchev–Trinajstić information content (AvgIpc) is 2.88. The zero-order valence-electron chi connectivity index (χ0n) is 11.0. The molecule has 5 heteroatoms. The van der Waals surface area contributed by atoms with Crippen LogP contribution in [0.3, 0.4) is 0 Å². The van der Waals surface area contributed by atoms with Gasteiger partial charge in [0.05, 0.1) is 12.7 Å². The van der Waals surface area contributed by atoms with Crippen molar-refractivity contribution < 1.29 is 4.74 Å². The molecule has 3 N–H and O–H groups in total. The van der Waals surface area contributed by atoms with Crippen LogP contribution in [0, 0.1) is 5.41 Å². The summed E-state index contributed by atoms with van der Waals surface area (Å²) in [6, 6.07) is 4.45. The molecule has 1 aliphatic carbocycles. The fraction of sp³-hybridized carbons (Fsp3) is 0.571. The number of amidine groups is 1. The number of nitrogen functional groups attached to an aromatic ring is 1. The first kappa shape index (κ1) is 12.6. The van der Waals surface area contributed by atoms with Gasteiger partial charge in [0.1, 0.15) is 11.5 Å². The van der Waals surface area contributed by atoms with Crippen molar-refractivity contribution in [2.75, 3.05) is 13.2 Å². The topological polar surface area (TPSA) is 75.2 Å². The number of hydrogen-bond donors (Lipinski definition) is 2. The summed E-state index contributed by atoms with van der Waals surface area (Å²) >= 11 is 0. The summed E-state index contributed by atoms with van der Waals surface area (Å²) in [5.74, 6) is 0.0480. The van der Waals surface area contributed by atoms with Crippen molar-refractivity contribution in [2.24, 2.45) is 5.73 Å². The summed E-state index contributed by atoms with van der Waals surface area (Å²) in [6.07, 6.45) is 5.72. The third kappa shape index (κ3) is 2.48. The van der Waals surface area contributed by atoms with E-state index in [-0.39, 0.29) is 5.84 Å². The minimum absolute atomic E-state index is 0.0480. The molecule has 2 aliphatic rings. The lowest BCUT2D eigenvalue weighted by molar-refractivity contribution is -0.0588. The van der Waals surface area contributed by atoms with Gasteiger partial charge in [-0.15, -0.1) is 0 Å². The molecule has 2 unspecified atom stereocenters. The molecule has 0 amide bonds. The lowest BCUT2D eigenvalue weighted by atomic mass is 10.1. The third-order valence-electron chi connectivity index (χ3n) is 4.12. The molecule has 2 atom stereocenters. The number of ether oxygens (including phenoxy) is 1. The van der Waals surface area contributed by atoms with Gasteiger partial charge in [0.15, 0.2) is 0 Å². The molecule has 2 fully saturated rings. The van der Waals surface area contributed by atoms with Crippen LogP contribution >= 0.6 is 0 Å². The van der Waals surface area contributed by atoms with E-state index in [0.29, 0.717) is 17.8 Å². The van der Waals surface area contributed by atoms with Gasteiger partial charge in [0, 0.05) is 25.3 Å². The highest BCUT2D eigenvalue weighted by atomic mass is 16.5. The van der Waals surface area contributed by atoms with Gasteiger partial charge in [-0.05, 0) is 30.9 Å². The molecule has 0 radical (unpaired) electrons. The van der Waals surface area contributed by atoms with Crippen LogP contribution in [0.15, 0.2) is 18.3 Å². The Labute approximate surface area is 113 Å². The van der Waals surface area contributed by atoms with Gasteiger partial charge in [-0.25, -0.2) is 0 Å². The molecule has 0 bridgehead atoms. The number of fused-ring (bicyclic) bond motifs is 1. The van der Waals surface area contributed by atoms with Gasteiger partial charge in [-0.2, -0.15) is 0 Å². The van der Waals surface area contributed by atoms with Crippen LogP contribution in [0.4, 0.5) is 0 Å². The second-order valence-electron chi connectivity index (χ2n) is 5.30. The maximum Gasteiger partial charge on any atom is 0.142 e. The molecule has 1 aliphatic heterocycles. The van der Waals surface area contributed by atoms with Crippen LogP contribution in [0.2, 0.25) is 0 Å². The summed E-state index contributed by atoms with van der Waals surface area (Å²) in [7, 11) is 0. The zero-order chi connectivity index (χ0) is 13.2. The smallest absolute Gasteiger partial charge is 0.142 e. The summed E-state index contributed by atoms with van der Waals surface area (Å²) in [6.45, 7) is 2.57. The molecule has 0 aromatic carbocycles. The monoisotopic (exact) mass is 260 g/mol. The SMILES string of the molecule is N=C(N)c1ncccc1CN1CCOC2CCCC21. The van der Waals surface area contributed by atoms with Crippen molar-refractivity contribution >= 4 is 5.84 Å². The fourth-order valence-electron chi connectivity index (χ4n) is 3.23. The molecule has 19 heavy (non-hydrogen) atoms. The number of nitrogens with one attached hydrogen (secondary N) is 1. The van der Waals surface area contributed by atoms with E-state index in [2.05, 4.69) is 9.88 Å². The van der Waals surface area contributed by atoms with Gasteiger partial charge in [0.25, 0.3) is 0 Å². The van der Waals surface area contributed by atoms with Gasteiger partial charge < -0.3 is 10.5 Å². The van der Waals surface area contributed by atoms with Crippen LogP contribution in [0.25, 0.3) is 0 Å². The van der Waals surface area contributed by atoms with Crippen molar-refractivity contribution in [1.82, 2.24) is 9.88 Å². The number of hydrogen-bond acceptors (Lipinski definition) is 4. The number of nitrogens with zero attached hydrogens (tertiary/aromatic N) is 2. The fourth-order valence-corrected chi connectivity index (χ4v) is 3.23. The minimum atomic E-state index is 0.0480. The summed E-state index contributed by atoms with van der Waals surface area (Å²) < 4.78 is 5.82. The van der Waals surface area contributed by atoms with Crippen molar-refractivity contribution in [3.63, 3.8) is 0 Å². The van der Waals surface area contributed by atoms with E-state index >= 15 is 0 Å². The molecular weight excluding hydrogens is 240 g/mol. The molecule has 1 aromatic rings. The zero-order valence-corrected chi connectivity index (χ0v) is 11.0. The predicted molar refractivity (Wildman–Crippen MR) is 73.0 cm³/mol. The van der Waals surface area contributed by atoms with E-state index in [0.717, 1.165) is 25.3 Å². The summed E-state index contributed by atoms with van der Waals surface area (Å²) in [5, 5.41) is 7.61. The van der Waals surface area contributed by atoms with Gasteiger partial charge in [0.2, 0.25) is 0 Å². The largest absolute Gasteiger partial charge is 0.382 e. The van der Waals surface area contributed by atoms with E-state index in [1.165, 1.54) is 19.3 Å². The van der Waals surface area contributed by atoms with Gasteiger partial charge in [-0.3, -0.25) is 15.3 Å². The Bertz CT molecular complexity index is 476. The molecule has 2 heterocycles. The van der Waals surface area contributed by atoms with Crippen LogP contribution in [-0.2, 0) is 11.3 Å². The lowest BCUT2D eigenvalue weighted by Gasteiger charge is -2.37. The highest BCUT2D eigenvalue weighted by molar-refractivity contribution is 5.94. The van der Waals surface area contributed by atoms with Crippen molar-refractivity contribution in [1.29, 1.82) is 5.41 Å². The average molecular weight is 260 g/mol. The Hall–Kier alpha value is -1.46. The Balaban J connectivity index is 1.79. The first-order valence-electron chi connectivity index (χ1n) is 6.89. The van der Waals surface area contributed by atoms with Crippen LogP contribution < -0.4 is 5.73 Å². The number of nitrogens with two attached hydrogens (primary N) is 1. The van der Waals surface area contributed by atoms with Crippen LogP contribution in [0.1, 0.15) is 30.5 Å². The standard InChI is InChI=1S/C14H20N4O/c15-14(16)13-10(3-2-6-17-13)9-18-7-8-19-12-5-1-4-11(12)18/h2-3,6,11-12H,1,4-5,7-9H2,(H3,15,16). The van der Waals surface area contributed by atoms with E-state index in [1.807, 2.05) is 12.1 Å². The van der Waals surface area contributed by atoms with E-state index < -0.39 is 0 Å². The summed E-state index contributed by atoms with van der Waals surface area (Å²) in [4.78, 5) is 6.68. The molecule has 1 saturated carbocycles.